The zero-order valence-corrected chi connectivity index (χ0v) is 12.9. The monoisotopic (exact) mass is 264 g/mol. The molecule has 2 heterocycles. The van der Waals surface area contributed by atoms with E-state index in [2.05, 4.69) is 24.1 Å². The second kappa shape index (κ2) is 6.13. The van der Waals surface area contributed by atoms with Gasteiger partial charge in [0.05, 0.1) is 0 Å². The second-order valence-electron chi connectivity index (χ2n) is 7.38. The Bertz CT molecular complexity index is 277. The topological polar surface area (TPSA) is 15.3 Å². The fraction of sp³-hybridized carbons (Fsp3) is 1.00. The van der Waals surface area contributed by atoms with E-state index >= 15 is 0 Å². The highest BCUT2D eigenvalue weighted by molar-refractivity contribution is 4.99. The number of piperidine rings is 2. The van der Waals surface area contributed by atoms with Crippen molar-refractivity contribution in [2.24, 2.45) is 5.92 Å². The van der Waals surface area contributed by atoms with Crippen molar-refractivity contribution in [1.29, 1.82) is 0 Å². The maximum atomic E-state index is 3.79. The van der Waals surface area contributed by atoms with Crippen molar-refractivity contribution in [3.8, 4) is 0 Å². The van der Waals surface area contributed by atoms with E-state index in [1.807, 2.05) is 0 Å². The molecule has 19 heavy (non-hydrogen) atoms. The van der Waals surface area contributed by atoms with Crippen molar-refractivity contribution in [1.82, 2.24) is 10.2 Å². The van der Waals surface area contributed by atoms with E-state index < -0.39 is 0 Å². The van der Waals surface area contributed by atoms with Crippen molar-refractivity contribution < 1.29 is 0 Å². The lowest BCUT2D eigenvalue weighted by molar-refractivity contribution is -0.00970. The third-order valence-corrected chi connectivity index (χ3v) is 5.80. The van der Waals surface area contributed by atoms with Crippen LogP contribution in [0.2, 0.25) is 0 Å². The summed E-state index contributed by atoms with van der Waals surface area (Å²) in [6.07, 6.45) is 12.9. The summed E-state index contributed by atoms with van der Waals surface area (Å²) < 4.78 is 0. The van der Waals surface area contributed by atoms with Gasteiger partial charge in [0.15, 0.2) is 0 Å². The standard InChI is InChI=1S/C17H32N2/c1-3-9-18-14-11-15-5-4-6-16(12-14)19(15)17-8-7-13(2)10-17/h13-18H,3-12H2,1-2H3. The molecule has 2 heteroatoms. The maximum absolute atomic E-state index is 3.79. The van der Waals surface area contributed by atoms with Crippen LogP contribution in [-0.2, 0) is 0 Å². The molecule has 3 rings (SSSR count). The Morgan fingerprint density at radius 1 is 0.947 bits per heavy atom. The lowest BCUT2D eigenvalue weighted by Gasteiger charge is -2.52. The largest absolute Gasteiger partial charge is 0.314 e. The Morgan fingerprint density at radius 3 is 2.21 bits per heavy atom. The van der Waals surface area contributed by atoms with Gasteiger partial charge in [-0.1, -0.05) is 20.3 Å². The number of nitrogens with zero attached hydrogens (tertiary/aromatic N) is 1. The summed E-state index contributed by atoms with van der Waals surface area (Å²) in [6.45, 7) is 5.94. The van der Waals surface area contributed by atoms with Gasteiger partial charge in [0.2, 0.25) is 0 Å². The first-order chi connectivity index (χ1) is 9.28. The molecule has 0 amide bonds. The average Bonchev–Trinajstić information content (AvgIpc) is 2.81. The fourth-order valence-corrected chi connectivity index (χ4v) is 4.98. The molecular formula is C17H32N2. The van der Waals surface area contributed by atoms with E-state index in [0.717, 1.165) is 30.1 Å². The maximum Gasteiger partial charge on any atom is 0.0116 e. The molecular weight excluding hydrogens is 232 g/mol. The minimum Gasteiger partial charge on any atom is -0.314 e. The van der Waals surface area contributed by atoms with Crippen LogP contribution >= 0.6 is 0 Å². The second-order valence-corrected chi connectivity index (χ2v) is 7.38. The zero-order valence-electron chi connectivity index (χ0n) is 12.9. The Labute approximate surface area is 119 Å². The molecule has 0 spiro atoms. The minimum absolute atomic E-state index is 0.810. The van der Waals surface area contributed by atoms with Crippen LogP contribution in [0.1, 0.15) is 71.6 Å². The van der Waals surface area contributed by atoms with Crippen LogP contribution in [-0.4, -0.2) is 35.6 Å². The van der Waals surface area contributed by atoms with Crippen molar-refractivity contribution in [2.75, 3.05) is 6.54 Å². The molecule has 3 fully saturated rings. The van der Waals surface area contributed by atoms with Gasteiger partial charge >= 0.3 is 0 Å². The van der Waals surface area contributed by atoms with Gasteiger partial charge in [-0.3, -0.25) is 4.90 Å². The summed E-state index contributed by atoms with van der Waals surface area (Å²) in [6, 6.07) is 3.54. The summed E-state index contributed by atoms with van der Waals surface area (Å²) in [5.41, 5.74) is 0. The Kier molecular flexibility index (Phi) is 4.48. The number of hydrogen-bond donors (Lipinski definition) is 1. The van der Waals surface area contributed by atoms with Gasteiger partial charge in [0.25, 0.3) is 0 Å². The predicted octanol–water partition coefficient (Wildman–Crippen LogP) is 3.56. The van der Waals surface area contributed by atoms with Crippen LogP contribution in [0.25, 0.3) is 0 Å². The first kappa shape index (κ1) is 13.9. The number of rotatable bonds is 4. The van der Waals surface area contributed by atoms with E-state index in [4.69, 9.17) is 0 Å². The quantitative estimate of drug-likeness (QED) is 0.835. The molecule has 0 aromatic carbocycles. The van der Waals surface area contributed by atoms with Crippen LogP contribution in [0.5, 0.6) is 0 Å². The third-order valence-electron chi connectivity index (χ3n) is 5.80. The predicted molar refractivity (Wildman–Crippen MR) is 81.4 cm³/mol. The highest BCUT2D eigenvalue weighted by Gasteiger charge is 2.42. The first-order valence-electron chi connectivity index (χ1n) is 8.78. The molecule has 4 unspecified atom stereocenters. The van der Waals surface area contributed by atoms with E-state index in [1.165, 1.54) is 64.3 Å². The Balaban J connectivity index is 1.63. The Hall–Kier alpha value is -0.0800. The van der Waals surface area contributed by atoms with Crippen LogP contribution in [0.15, 0.2) is 0 Å². The van der Waals surface area contributed by atoms with Crippen molar-refractivity contribution in [3.05, 3.63) is 0 Å². The first-order valence-corrected chi connectivity index (χ1v) is 8.78. The van der Waals surface area contributed by atoms with Gasteiger partial charge in [-0.2, -0.15) is 0 Å². The van der Waals surface area contributed by atoms with Crippen LogP contribution < -0.4 is 5.32 Å². The summed E-state index contributed by atoms with van der Waals surface area (Å²) >= 11 is 0. The molecule has 2 aliphatic heterocycles. The van der Waals surface area contributed by atoms with E-state index in [0.29, 0.717) is 0 Å². The van der Waals surface area contributed by atoms with Crippen LogP contribution in [0, 0.1) is 5.92 Å². The lowest BCUT2D eigenvalue weighted by Crippen LogP contribution is -2.59. The van der Waals surface area contributed by atoms with E-state index in [9.17, 15) is 0 Å². The molecule has 2 bridgehead atoms. The van der Waals surface area contributed by atoms with Gasteiger partial charge in [0.1, 0.15) is 0 Å². The van der Waals surface area contributed by atoms with Gasteiger partial charge in [-0.15, -0.1) is 0 Å². The summed E-state index contributed by atoms with van der Waals surface area (Å²) in [4.78, 5) is 2.98. The molecule has 2 nitrogen and oxygen atoms in total. The molecule has 0 radical (unpaired) electrons. The molecule has 1 N–H and O–H groups in total. The normalized spacial score (nSPS) is 43.6. The smallest absolute Gasteiger partial charge is 0.0116 e. The van der Waals surface area contributed by atoms with Gasteiger partial charge in [0, 0.05) is 24.2 Å². The lowest BCUT2D eigenvalue weighted by atomic mass is 9.80. The van der Waals surface area contributed by atoms with Crippen molar-refractivity contribution >= 4 is 0 Å². The highest BCUT2D eigenvalue weighted by atomic mass is 15.2. The molecule has 1 aliphatic carbocycles. The van der Waals surface area contributed by atoms with Gasteiger partial charge in [-0.25, -0.2) is 0 Å². The molecule has 0 aromatic heterocycles. The number of hydrogen-bond acceptors (Lipinski definition) is 2. The highest BCUT2D eigenvalue weighted by Crippen LogP contribution is 2.40. The summed E-state index contributed by atoms with van der Waals surface area (Å²) in [7, 11) is 0. The van der Waals surface area contributed by atoms with Crippen molar-refractivity contribution in [3.63, 3.8) is 0 Å². The number of nitrogens with one attached hydrogen (secondary N) is 1. The fourth-order valence-electron chi connectivity index (χ4n) is 4.98. The molecule has 0 aromatic rings. The third kappa shape index (κ3) is 3.00. The van der Waals surface area contributed by atoms with Crippen molar-refractivity contribution in [2.45, 2.75) is 95.8 Å². The summed E-state index contributed by atoms with van der Waals surface area (Å²) in [5.74, 6) is 0.974. The minimum atomic E-state index is 0.810. The zero-order chi connectivity index (χ0) is 13.2. The van der Waals surface area contributed by atoms with Gasteiger partial charge < -0.3 is 5.32 Å². The molecule has 4 atom stereocenters. The van der Waals surface area contributed by atoms with E-state index in [-0.39, 0.29) is 0 Å². The van der Waals surface area contributed by atoms with Crippen LogP contribution in [0.4, 0.5) is 0 Å². The molecule has 110 valence electrons. The molecule has 1 saturated carbocycles. The van der Waals surface area contributed by atoms with Crippen LogP contribution in [0.3, 0.4) is 0 Å². The summed E-state index contributed by atoms with van der Waals surface area (Å²) in [5, 5.41) is 3.79. The Morgan fingerprint density at radius 2 is 1.63 bits per heavy atom. The average molecular weight is 264 g/mol. The van der Waals surface area contributed by atoms with Gasteiger partial charge in [-0.05, 0) is 63.8 Å². The number of fused-ring (bicyclic) bond motifs is 2. The molecule has 2 saturated heterocycles. The SMILES string of the molecule is CCCNC1CC2CCCC(C1)N2C1CCC(C)C1. The molecule has 3 aliphatic rings. The van der Waals surface area contributed by atoms with E-state index in [1.54, 1.807) is 0 Å².